The van der Waals surface area contributed by atoms with Gasteiger partial charge in [0.1, 0.15) is 5.56 Å². The third kappa shape index (κ3) is 2.80. The van der Waals surface area contributed by atoms with Crippen LogP contribution in [0.1, 0.15) is 10.4 Å². The first-order valence-corrected chi connectivity index (χ1v) is 3.87. The number of aromatic nitrogens is 1. The normalized spacial score (nSPS) is 11.0. The quantitative estimate of drug-likeness (QED) is 0.491. The minimum Gasteiger partial charge on any atom is -0.399 e. The van der Waals surface area contributed by atoms with E-state index in [-0.39, 0.29) is 6.29 Å². The highest BCUT2D eigenvalue weighted by Gasteiger charge is 2.35. The third-order valence-electron chi connectivity index (χ3n) is 1.60. The van der Waals surface area contributed by atoms with Gasteiger partial charge in [-0.2, -0.15) is 0 Å². The van der Waals surface area contributed by atoms with Gasteiger partial charge in [-0.1, -0.05) is 0 Å². The van der Waals surface area contributed by atoms with Crippen LogP contribution in [0, 0.1) is 10.1 Å². The van der Waals surface area contributed by atoms with Crippen molar-refractivity contribution in [3.05, 3.63) is 32.2 Å². The van der Waals surface area contributed by atoms with Gasteiger partial charge in [0, 0.05) is 0 Å². The van der Waals surface area contributed by atoms with Crippen LogP contribution in [0.3, 0.4) is 0 Å². The highest BCUT2D eigenvalue weighted by Crippen LogP contribution is 2.26. The molecule has 0 bridgehead atoms. The molecule has 10 heteroatoms. The number of carbonyl (C=O) groups is 1. The zero-order chi connectivity index (χ0) is 13.2. The Bertz CT molecular complexity index is 521. The van der Waals surface area contributed by atoms with Crippen molar-refractivity contribution in [2.45, 2.75) is 6.36 Å². The van der Waals surface area contributed by atoms with Gasteiger partial charge in [-0.3, -0.25) is 19.7 Å². The zero-order valence-electron chi connectivity index (χ0n) is 7.78. The van der Waals surface area contributed by atoms with Gasteiger partial charge in [-0.05, 0) is 0 Å². The second-order valence-corrected chi connectivity index (χ2v) is 2.67. The monoisotopic (exact) mass is 252 g/mol. The van der Waals surface area contributed by atoms with Crippen molar-refractivity contribution in [2.75, 3.05) is 0 Å². The average Bonchev–Trinajstić information content (AvgIpc) is 2.18. The molecule has 1 N–H and O–H groups in total. The van der Waals surface area contributed by atoms with Crippen LogP contribution in [-0.2, 0) is 0 Å². The van der Waals surface area contributed by atoms with Crippen LogP contribution in [0.25, 0.3) is 0 Å². The van der Waals surface area contributed by atoms with Crippen LogP contribution in [-0.4, -0.2) is 22.6 Å². The lowest BCUT2D eigenvalue weighted by molar-refractivity contribution is -0.385. The molecule has 0 aromatic carbocycles. The Morgan fingerprint density at radius 3 is 2.47 bits per heavy atom. The molecule has 1 heterocycles. The summed E-state index contributed by atoms with van der Waals surface area (Å²) in [6.45, 7) is 0. The number of nitrogens with one attached hydrogen (secondary N) is 1. The topological polar surface area (TPSA) is 102 Å². The molecule has 0 aliphatic rings. The predicted octanol–water partition coefficient (Wildman–Crippen LogP) is 0.994. The standard InChI is InChI=1S/C7H3F3N2O5/c8-7(9,10)17-5-3(2-13)4(12(15)16)1-11-6(5)14/h1-2H,(H,11,14). The molecule has 17 heavy (non-hydrogen) atoms. The van der Waals surface area contributed by atoms with Gasteiger partial charge >= 0.3 is 6.36 Å². The van der Waals surface area contributed by atoms with Crippen LogP contribution >= 0.6 is 0 Å². The number of nitrogens with zero attached hydrogens (tertiary/aromatic N) is 1. The smallest absolute Gasteiger partial charge is 0.399 e. The maximum Gasteiger partial charge on any atom is 0.573 e. The molecule has 0 saturated carbocycles. The van der Waals surface area contributed by atoms with E-state index in [1.807, 2.05) is 0 Å². The molecule has 0 aliphatic heterocycles. The Balaban J connectivity index is 3.46. The first-order chi connectivity index (χ1) is 7.76. The van der Waals surface area contributed by atoms with Gasteiger partial charge in [0.15, 0.2) is 6.29 Å². The molecule has 0 radical (unpaired) electrons. The molecule has 0 atom stereocenters. The fourth-order valence-electron chi connectivity index (χ4n) is 0.998. The Labute approximate surface area is 90.0 Å². The fraction of sp³-hybridized carbons (Fsp3) is 0.143. The lowest BCUT2D eigenvalue weighted by Crippen LogP contribution is -2.24. The van der Waals surface area contributed by atoms with Crippen LogP contribution in [0.4, 0.5) is 18.9 Å². The van der Waals surface area contributed by atoms with Crippen LogP contribution in [0.2, 0.25) is 0 Å². The van der Waals surface area contributed by atoms with Crippen LogP contribution < -0.4 is 10.3 Å². The van der Waals surface area contributed by atoms with Crippen LogP contribution in [0.15, 0.2) is 11.0 Å². The van der Waals surface area contributed by atoms with Crippen molar-refractivity contribution in [3.63, 3.8) is 0 Å². The van der Waals surface area contributed by atoms with Crippen LogP contribution in [0.5, 0.6) is 5.75 Å². The number of nitro groups is 1. The number of alkyl halides is 3. The van der Waals surface area contributed by atoms with E-state index in [4.69, 9.17) is 0 Å². The molecule has 0 amide bonds. The summed E-state index contributed by atoms with van der Waals surface area (Å²) in [7, 11) is 0. The van der Waals surface area contributed by atoms with Gasteiger partial charge in [0.05, 0.1) is 11.1 Å². The highest BCUT2D eigenvalue weighted by atomic mass is 19.4. The van der Waals surface area contributed by atoms with Gasteiger partial charge in [0.2, 0.25) is 5.75 Å². The summed E-state index contributed by atoms with van der Waals surface area (Å²) in [4.78, 5) is 32.4. The molecule has 0 fully saturated rings. The number of hydrogen-bond donors (Lipinski definition) is 1. The number of halogens is 3. The second-order valence-electron chi connectivity index (χ2n) is 2.67. The highest BCUT2D eigenvalue weighted by molar-refractivity contribution is 5.84. The Morgan fingerprint density at radius 1 is 1.47 bits per heavy atom. The number of pyridine rings is 1. The molecule has 0 unspecified atom stereocenters. The molecule has 0 saturated heterocycles. The summed E-state index contributed by atoms with van der Waals surface area (Å²) in [6, 6.07) is 0. The second kappa shape index (κ2) is 4.23. The van der Waals surface area contributed by atoms with E-state index >= 15 is 0 Å². The van der Waals surface area contributed by atoms with Gasteiger partial charge in [-0.15, -0.1) is 13.2 Å². The largest absolute Gasteiger partial charge is 0.573 e. The van der Waals surface area contributed by atoms with Crippen molar-refractivity contribution in [1.82, 2.24) is 4.98 Å². The Hall–Kier alpha value is -2.39. The molecule has 7 nitrogen and oxygen atoms in total. The van der Waals surface area contributed by atoms with Gasteiger partial charge < -0.3 is 9.72 Å². The fourth-order valence-corrected chi connectivity index (χ4v) is 0.998. The van der Waals surface area contributed by atoms with E-state index in [0.29, 0.717) is 6.20 Å². The van der Waals surface area contributed by atoms with E-state index in [1.165, 1.54) is 0 Å². The molecule has 1 aromatic heterocycles. The van der Waals surface area contributed by atoms with E-state index in [9.17, 15) is 32.9 Å². The van der Waals surface area contributed by atoms with Crippen molar-refractivity contribution in [3.8, 4) is 5.75 Å². The molecule has 0 spiro atoms. The van der Waals surface area contributed by atoms with Crippen molar-refractivity contribution in [1.29, 1.82) is 0 Å². The molecule has 1 rings (SSSR count). The Kier molecular flexibility index (Phi) is 3.16. The summed E-state index contributed by atoms with van der Waals surface area (Å²) in [5.41, 5.74) is -3.45. The molecule has 92 valence electrons. The molecular weight excluding hydrogens is 249 g/mol. The third-order valence-corrected chi connectivity index (χ3v) is 1.60. The number of carbonyl (C=O) groups excluding carboxylic acids is 1. The van der Waals surface area contributed by atoms with E-state index < -0.39 is 33.8 Å². The summed E-state index contributed by atoms with van der Waals surface area (Å²) < 4.78 is 39.0. The summed E-state index contributed by atoms with van der Waals surface area (Å²) in [5, 5.41) is 10.4. The van der Waals surface area contributed by atoms with Gasteiger partial charge in [-0.25, -0.2) is 0 Å². The minimum atomic E-state index is -5.24. The van der Waals surface area contributed by atoms with Crippen molar-refractivity contribution >= 4 is 12.0 Å². The summed E-state index contributed by atoms with van der Waals surface area (Å²) in [5.74, 6) is -1.46. The Morgan fingerprint density at radius 2 is 2.06 bits per heavy atom. The minimum absolute atomic E-state index is 0.256. The van der Waals surface area contributed by atoms with E-state index in [1.54, 1.807) is 4.98 Å². The van der Waals surface area contributed by atoms with Crippen molar-refractivity contribution < 1.29 is 27.6 Å². The van der Waals surface area contributed by atoms with E-state index in [2.05, 4.69) is 4.74 Å². The number of H-pyrrole nitrogens is 1. The molecule has 0 aliphatic carbocycles. The zero-order valence-corrected chi connectivity index (χ0v) is 7.78. The first-order valence-electron chi connectivity index (χ1n) is 3.87. The van der Waals surface area contributed by atoms with Gasteiger partial charge in [0.25, 0.3) is 11.2 Å². The van der Waals surface area contributed by atoms with E-state index in [0.717, 1.165) is 0 Å². The first kappa shape index (κ1) is 12.7. The number of aromatic amines is 1. The maximum absolute atomic E-state index is 11.9. The predicted molar refractivity (Wildman–Crippen MR) is 45.8 cm³/mol. The SMILES string of the molecule is O=Cc1c([N+](=O)[O-])c[nH]c(=O)c1OC(F)(F)F. The lowest BCUT2D eigenvalue weighted by Gasteiger charge is -2.09. The lowest BCUT2D eigenvalue weighted by atomic mass is 10.2. The average molecular weight is 252 g/mol. The molecular formula is C7H3F3N2O5. The summed E-state index contributed by atoms with van der Waals surface area (Å²) >= 11 is 0. The number of ether oxygens (including phenoxy) is 1. The number of hydrogen-bond acceptors (Lipinski definition) is 5. The molecule has 1 aromatic rings. The summed E-state index contributed by atoms with van der Waals surface area (Å²) in [6.07, 6.45) is -4.98. The van der Waals surface area contributed by atoms with Crippen molar-refractivity contribution in [2.24, 2.45) is 0 Å². The number of rotatable bonds is 3. The maximum atomic E-state index is 11.9. The number of aldehydes is 1.